The fourth-order valence-corrected chi connectivity index (χ4v) is 4.09. The molecule has 1 saturated heterocycles. The Hall–Kier alpha value is -2.41. The van der Waals surface area contributed by atoms with Gasteiger partial charge in [0.15, 0.2) is 11.6 Å². The molecule has 2 fully saturated rings. The highest BCUT2D eigenvalue weighted by molar-refractivity contribution is 5.79. The molecule has 1 aliphatic heterocycles. The summed E-state index contributed by atoms with van der Waals surface area (Å²) in [5.74, 6) is 2.45. The zero-order valence-corrected chi connectivity index (χ0v) is 18.6. The summed E-state index contributed by atoms with van der Waals surface area (Å²) in [6.07, 6.45) is 2.49. The first-order chi connectivity index (χ1) is 14.3. The number of hydrogen-bond acceptors (Lipinski definition) is 5. The Kier molecular flexibility index (Phi) is 5.57. The molecular weight excluding hydrogens is 380 g/mol. The predicted molar refractivity (Wildman–Crippen MR) is 113 cm³/mol. The van der Waals surface area contributed by atoms with Crippen LogP contribution in [0.5, 0.6) is 5.75 Å². The highest BCUT2D eigenvalue weighted by Gasteiger charge is 2.47. The van der Waals surface area contributed by atoms with Crippen molar-refractivity contribution in [3.05, 3.63) is 41.5 Å². The van der Waals surface area contributed by atoms with Crippen LogP contribution in [0.15, 0.2) is 24.3 Å². The number of nitrogens with zero attached hydrogens (tertiary/aromatic N) is 4. The minimum Gasteiger partial charge on any atom is -0.497 e. The summed E-state index contributed by atoms with van der Waals surface area (Å²) in [5, 5.41) is 4.75. The lowest BCUT2D eigenvalue weighted by Crippen LogP contribution is -2.47. The number of aryl methyl sites for hydroxylation is 1. The van der Waals surface area contributed by atoms with Crippen molar-refractivity contribution >= 4 is 5.91 Å². The molecule has 4 rings (SSSR count). The zero-order chi connectivity index (χ0) is 21.5. The van der Waals surface area contributed by atoms with Gasteiger partial charge in [-0.1, -0.05) is 39.8 Å². The van der Waals surface area contributed by atoms with Crippen molar-refractivity contribution in [2.24, 2.45) is 5.41 Å². The van der Waals surface area contributed by atoms with Gasteiger partial charge in [0, 0.05) is 19.0 Å². The van der Waals surface area contributed by atoms with Crippen molar-refractivity contribution in [3.8, 4) is 5.75 Å². The van der Waals surface area contributed by atoms with E-state index in [4.69, 9.17) is 19.6 Å². The van der Waals surface area contributed by atoms with Gasteiger partial charge in [-0.15, -0.1) is 0 Å². The molecule has 1 aromatic heterocycles. The number of morpholine rings is 1. The number of carbonyl (C=O) groups excluding carboxylic acids is 1. The Morgan fingerprint density at radius 2 is 1.90 bits per heavy atom. The van der Waals surface area contributed by atoms with Gasteiger partial charge in [-0.25, -0.2) is 9.67 Å². The number of amides is 1. The summed E-state index contributed by atoms with van der Waals surface area (Å²) in [6, 6.07) is 7.98. The quantitative estimate of drug-likeness (QED) is 0.724. The van der Waals surface area contributed by atoms with E-state index in [1.54, 1.807) is 7.11 Å². The fourth-order valence-electron chi connectivity index (χ4n) is 4.09. The van der Waals surface area contributed by atoms with E-state index in [1.165, 1.54) is 0 Å². The van der Waals surface area contributed by atoms with Crippen LogP contribution < -0.4 is 4.74 Å². The van der Waals surface area contributed by atoms with Gasteiger partial charge in [-0.05, 0) is 36.0 Å². The molecule has 30 heavy (non-hydrogen) atoms. The largest absolute Gasteiger partial charge is 0.497 e. The number of methoxy groups -OCH3 is 1. The molecule has 2 heterocycles. The van der Waals surface area contributed by atoms with Crippen LogP contribution in [0.25, 0.3) is 0 Å². The molecule has 7 nitrogen and oxygen atoms in total. The summed E-state index contributed by atoms with van der Waals surface area (Å²) in [7, 11) is 1.66. The van der Waals surface area contributed by atoms with Gasteiger partial charge < -0.3 is 14.4 Å². The lowest BCUT2D eigenvalue weighted by Gasteiger charge is -2.41. The first-order valence-electron chi connectivity index (χ1n) is 10.8. The fraction of sp³-hybridized carbons (Fsp3) is 0.609. The normalized spacial score (nSPS) is 22.4. The maximum absolute atomic E-state index is 12.9. The third-order valence-corrected chi connectivity index (χ3v) is 5.60. The molecule has 7 heteroatoms. The molecule has 0 N–H and O–H groups in total. The van der Waals surface area contributed by atoms with E-state index in [-0.39, 0.29) is 36.1 Å². The summed E-state index contributed by atoms with van der Waals surface area (Å²) in [6.45, 7) is 9.44. The molecule has 1 aromatic carbocycles. The Morgan fingerprint density at radius 3 is 2.47 bits per heavy atom. The Balaban J connectivity index is 1.78. The van der Waals surface area contributed by atoms with Crippen molar-refractivity contribution in [2.75, 3.05) is 13.7 Å². The van der Waals surface area contributed by atoms with Gasteiger partial charge in [0.05, 0.1) is 13.2 Å². The minimum atomic E-state index is -0.355. The average molecular weight is 413 g/mol. The number of aromatic nitrogens is 3. The molecule has 1 aliphatic carbocycles. The average Bonchev–Trinajstić information content (AvgIpc) is 3.47. The van der Waals surface area contributed by atoms with Crippen LogP contribution in [0.3, 0.4) is 0 Å². The smallest absolute Gasteiger partial charge is 0.249 e. The summed E-state index contributed by atoms with van der Waals surface area (Å²) >= 11 is 0. The Bertz CT molecular complexity index is 896. The molecule has 1 saturated carbocycles. The summed E-state index contributed by atoms with van der Waals surface area (Å²) in [4.78, 5) is 19.7. The van der Waals surface area contributed by atoms with E-state index < -0.39 is 0 Å². The maximum Gasteiger partial charge on any atom is 0.249 e. The lowest BCUT2D eigenvalue weighted by atomic mass is 9.95. The number of hydrogen-bond donors (Lipinski definition) is 0. The standard InChI is InChI=1S/C23H32N4O3/c1-6-18-24-22(26(25-18)14-23(2,3)4)21-20(15-7-11-17(29-5)12-8-15)27(16-9-10-16)19(28)13-30-21/h7-8,11-12,16,20-21H,6,9-10,13-14H2,1-5H3/t20-,21+/m1/s1. The molecule has 2 atom stereocenters. The molecule has 1 amide bonds. The highest BCUT2D eigenvalue weighted by Crippen LogP contribution is 2.45. The minimum absolute atomic E-state index is 0.0454. The number of carbonyl (C=O) groups is 1. The number of rotatable bonds is 6. The second-order valence-electron chi connectivity index (χ2n) is 9.44. The van der Waals surface area contributed by atoms with E-state index in [0.29, 0.717) is 0 Å². The van der Waals surface area contributed by atoms with Crippen LogP contribution in [0.4, 0.5) is 0 Å². The van der Waals surface area contributed by atoms with Crippen LogP contribution in [-0.4, -0.2) is 45.3 Å². The van der Waals surface area contributed by atoms with Crippen molar-refractivity contribution < 1.29 is 14.3 Å². The van der Waals surface area contributed by atoms with Crippen molar-refractivity contribution in [1.29, 1.82) is 0 Å². The van der Waals surface area contributed by atoms with Crippen molar-refractivity contribution in [3.63, 3.8) is 0 Å². The van der Waals surface area contributed by atoms with E-state index in [1.807, 2.05) is 33.8 Å². The number of ether oxygens (including phenoxy) is 2. The second kappa shape index (κ2) is 8.02. The van der Waals surface area contributed by atoms with Gasteiger partial charge in [0.2, 0.25) is 5.91 Å². The van der Waals surface area contributed by atoms with Crippen molar-refractivity contribution in [1.82, 2.24) is 19.7 Å². The SMILES string of the molecule is CCc1nc([C@H]2OCC(=O)N(C3CC3)[C@@H]2c2ccc(OC)cc2)n(CC(C)(C)C)n1. The van der Waals surface area contributed by atoms with Crippen LogP contribution in [0, 0.1) is 5.41 Å². The molecule has 2 aliphatic rings. The molecule has 2 aromatic rings. The van der Waals surface area contributed by atoms with E-state index in [9.17, 15) is 4.79 Å². The lowest BCUT2D eigenvalue weighted by molar-refractivity contribution is -0.160. The van der Waals surface area contributed by atoms with Crippen LogP contribution in [0.1, 0.15) is 69.9 Å². The van der Waals surface area contributed by atoms with E-state index in [2.05, 4.69) is 27.7 Å². The molecule has 0 bridgehead atoms. The zero-order valence-electron chi connectivity index (χ0n) is 18.6. The summed E-state index contributed by atoms with van der Waals surface area (Å²) < 4.78 is 13.5. The van der Waals surface area contributed by atoms with Gasteiger partial charge in [-0.2, -0.15) is 5.10 Å². The molecular formula is C23H32N4O3. The Labute approximate surface area is 178 Å². The second-order valence-corrected chi connectivity index (χ2v) is 9.44. The van der Waals surface area contributed by atoms with Gasteiger partial charge in [0.1, 0.15) is 18.5 Å². The molecule has 162 valence electrons. The first kappa shape index (κ1) is 20.8. The summed E-state index contributed by atoms with van der Waals surface area (Å²) in [5.41, 5.74) is 1.08. The molecule has 0 spiro atoms. The van der Waals surface area contributed by atoms with Crippen LogP contribution in [0.2, 0.25) is 0 Å². The predicted octanol–water partition coefficient (Wildman–Crippen LogP) is 3.70. The highest BCUT2D eigenvalue weighted by atomic mass is 16.5. The van der Waals surface area contributed by atoms with Gasteiger partial charge >= 0.3 is 0 Å². The third kappa shape index (κ3) is 4.21. The topological polar surface area (TPSA) is 69.5 Å². The Morgan fingerprint density at radius 1 is 1.20 bits per heavy atom. The molecule has 0 unspecified atom stereocenters. The van der Waals surface area contributed by atoms with E-state index in [0.717, 1.165) is 48.8 Å². The first-order valence-corrected chi connectivity index (χ1v) is 10.8. The van der Waals surface area contributed by atoms with Gasteiger partial charge in [-0.3, -0.25) is 4.79 Å². The molecule has 0 radical (unpaired) electrons. The number of benzene rings is 1. The van der Waals surface area contributed by atoms with Crippen LogP contribution in [-0.2, 0) is 22.5 Å². The van der Waals surface area contributed by atoms with Crippen LogP contribution >= 0.6 is 0 Å². The maximum atomic E-state index is 12.9. The van der Waals surface area contributed by atoms with Crippen molar-refractivity contribution in [2.45, 2.75) is 71.7 Å². The third-order valence-electron chi connectivity index (χ3n) is 5.60. The monoisotopic (exact) mass is 412 g/mol. The van der Waals surface area contributed by atoms with Gasteiger partial charge in [0.25, 0.3) is 0 Å². The van der Waals surface area contributed by atoms with E-state index >= 15 is 0 Å².